The molecule has 1 aromatic carbocycles. The molecule has 2 atom stereocenters. The first kappa shape index (κ1) is 20.9. The summed E-state index contributed by atoms with van der Waals surface area (Å²) < 4.78 is 0. The number of hydrazone groups is 1. The van der Waals surface area contributed by atoms with E-state index in [1.807, 2.05) is 26.1 Å². The van der Waals surface area contributed by atoms with Gasteiger partial charge in [-0.1, -0.05) is 19.9 Å². The Morgan fingerprint density at radius 1 is 1.28 bits per heavy atom. The molecule has 7 nitrogen and oxygen atoms in total. The van der Waals surface area contributed by atoms with Crippen LogP contribution < -0.4 is 10.7 Å². The lowest BCUT2D eigenvalue weighted by molar-refractivity contribution is -0.125. The van der Waals surface area contributed by atoms with Crippen molar-refractivity contribution in [1.29, 1.82) is 0 Å². The first-order valence-electron chi connectivity index (χ1n) is 10.3. The summed E-state index contributed by atoms with van der Waals surface area (Å²) in [6.45, 7) is 8.10. The molecular weight excluding hydrogens is 366 g/mol. The van der Waals surface area contributed by atoms with Crippen LogP contribution in [0.3, 0.4) is 0 Å². The number of hydrogen-bond acceptors (Lipinski definition) is 5. The lowest BCUT2D eigenvalue weighted by Crippen LogP contribution is -2.55. The average molecular weight is 398 g/mol. The van der Waals surface area contributed by atoms with E-state index in [2.05, 4.69) is 34.6 Å². The number of hydrogen-bond donors (Lipinski definition) is 2. The predicted molar refractivity (Wildman–Crippen MR) is 116 cm³/mol. The third-order valence-corrected chi connectivity index (χ3v) is 5.58. The van der Waals surface area contributed by atoms with Crippen LogP contribution in [-0.2, 0) is 4.79 Å². The maximum Gasteiger partial charge on any atom is 0.254 e. The molecule has 3 rings (SSSR count). The minimum Gasteiger partial charge on any atom is -0.357 e. The SMILES string of the molecule is CCCN(CCC)C1=NNC2C=C(c3cc(C(=O)NC)ccc3C)C(=O)N(C)C12. The summed E-state index contributed by atoms with van der Waals surface area (Å²) in [5.74, 6) is 0.717. The molecule has 0 spiro atoms. The zero-order valence-corrected chi connectivity index (χ0v) is 18.0. The molecule has 2 amide bonds. The Balaban J connectivity index is 1.96. The van der Waals surface area contributed by atoms with Gasteiger partial charge in [-0.25, -0.2) is 0 Å². The van der Waals surface area contributed by atoms with Crippen molar-refractivity contribution in [1.82, 2.24) is 20.5 Å². The van der Waals surface area contributed by atoms with Gasteiger partial charge >= 0.3 is 0 Å². The fourth-order valence-corrected chi connectivity index (χ4v) is 4.09. The molecule has 2 heterocycles. The molecular formula is C22H31N5O2. The van der Waals surface area contributed by atoms with Gasteiger partial charge in [0.15, 0.2) is 0 Å². The summed E-state index contributed by atoms with van der Waals surface area (Å²) in [6, 6.07) is 5.26. The predicted octanol–water partition coefficient (Wildman–Crippen LogP) is 1.99. The van der Waals surface area contributed by atoms with Gasteiger partial charge in [-0.05, 0) is 49.1 Å². The third-order valence-electron chi connectivity index (χ3n) is 5.58. The quantitative estimate of drug-likeness (QED) is 0.770. The molecule has 0 aromatic heterocycles. The highest BCUT2D eigenvalue weighted by atomic mass is 16.2. The third kappa shape index (κ3) is 3.86. The van der Waals surface area contributed by atoms with Gasteiger partial charge in [-0.15, -0.1) is 0 Å². The van der Waals surface area contributed by atoms with E-state index in [-0.39, 0.29) is 23.9 Å². The minimum absolute atomic E-state index is 0.0484. The number of rotatable bonds is 6. The fraction of sp³-hybridized carbons (Fsp3) is 0.500. The Labute approximate surface area is 172 Å². The van der Waals surface area contributed by atoms with Crippen LogP contribution in [0.1, 0.15) is 48.2 Å². The van der Waals surface area contributed by atoms with Crippen molar-refractivity contribution in [3.05, 3.63) is 41.0 Å². The summed E-state index contributed by atoms with van der Waals surface area (Å²) in [7, 11) is 3.44. The van der Waals surface area contributed by atoms with E-state index in [0.29, 0.717) is 11.1 Å². The van der Waals surface area contributed by atoms with E-state index in [9.17, 15) is 9.59 Å². The number of carbonyl (C=O) groups excluding carboxylic acids is 2. The number of nitrogens with zero attached hydrogens (tertiary/aromatic N) is 3. The van der Waals surface area contributed by atoms with Gasteiger partial charge in [0.25, 0.3) is 11.8 Å². The van der Waals surface area contributed by atoms with Crippen molar-refractivity contribution < 1.29 is 9.59 Å². The Morgan fingerprint density at radius 3 is 2.59 bits per heavy atom. The standard InChI is InChI=1S/C22H31N5O2/c1-6-10-27(11-7-2)20-19-18(24-25-20)13-17(22(29)26(19)5)16-12-15(21(28)23-4)9-8-14(16)3/h8-9,12-13,18-19,24H,6-7,10-11H2,1-5H3,(H,23,28). The van der Waals surface area contributed by atoms with Crippen molar-refractivity contribution in [2.75, 3.05) is 27.2 Å². The fourth-order valence-electron chi connectivity index (χ4n) is 4.09. The van der Waals surface area contributed by atoms with Crippen LogP contribution >= 0.6 is 0 Å². The Kier molecular flexibility index (Phi) is 6.25. The van der Waals surface area contributed by atoms with E-state index < -0.39 is 0 Å². The summed E-state index contributed by atoms with van der Waals surface area (Å²) >= 11 is 0. The maximum atomic E-state index is 13.3. The van der Waals surface area contributed by atoms with Crippen molar-refractivity contribution in [3.8, 4) is 0 Å². The monoisotopic (exact) mass is 397 g/mol. The van der Waals surface area contributed by atoms with Gasteiger partial charge in [0.2, 0.25) is 0 Å². The van der Waals surface area contributed by atoms with Gasteiger partial charge in [-0.3, -0.25) is 15.0 Å². The molecule has 0 aliphatic carbocycles. The molecule has 29 heavy (non-hydrogen) atoms. The molecule has 7 heteroatoms. The summed E-state index contributed by atoms with van der Waals surface area (Å²) in [5, 5.41) is 7.24. The summed E-state index contributed by atoms with van der Waals surface area (Å²) in [4.78, 5) is 29.4. The van der Waals surface area contributed by atoms with Gasteiger partial charge in [-0.2, -0.15) is 5.10 Å². The lowest BCUT2D eigenvalue weighted by atomic mass is 9.90. The van der Waals surface area contributed by atoms with Crippen LogP contribution in [0.5, 0.6) is 0 Å². The number of amidine groups is 1. The molecule has 0 bridgehead atoms. The molecule has 2 N–H and O–H groups in total. The largest absolute Gasteiger partial charge is 0.357 e. The highest BCUT2D eigenvalue weighted by molar-refractivity contribution is 6.22. The van der Waals surface area contributed by atoms with Crippen molar-refractivity contribution >= 4 is 23.2 Å². The van der Waals surface area contributed by atoms with Crippen molar-refractivity contribution in [2.45, 2.75) is 45.7 Å². The van der Waals surface area contributed by atoms with E-state index in [0.717, 1.165) is 42.9 Å². The smallest absolute Gasteiger partial charge is 0.254 e. The Hall–Kier alpha value is -2.83. The molecule has 2 aliphatic rings. The van der Waals surface area contributed by atoms with Crippen LogP contribution in [0, 0.1) is 6.92 Å². The lowest BCUT2D eigenvalue weighted by Gasteiger charge is -2.37. The molecule has 0 fully saturated rings. The number of carbonyl (C=O) groups is 2. The van der Waals surface area contributed by atoms with Crippen LogP contribution in [0.4, 0.5) is 0 Å². The summed E-state index contributed by atoms with van der Waals surface area (Å²) in [5.41, 5.74) is 6.12. The van der Waals surface area contributed by atoms with E-state index in [1.54, 1.807) is 24.1 Å². The van der Waals surface area contributed by atoms with E-state index in [1.165, 1.54) is 0 Å². The second-order valence-electron chi connectivity index (χ2n) is 7.66. The zero-order valence-electron chi connectivity index (χ0n) is 18.0. The second-order valence-corrected chi connectivity index (χ2v) is 7.66. The highest BCUT2D eigenvalue weighted by Crippen LogP contribution is 2.31. The number of aryl methyl sites for hydroxylation is 1. The first-order chi connectivity index (χ1) is 13.9. The zero-order chi connectivity index (χ0) is 21.1. The van der Waals surface area contributed by atoms with E-state index in [4.69, 9.17) is 0 Å². The Morgan fingerprint density at radius 2 is 1.97 bits per heavy atom. The molecule has 0 radical (unpaired) electrons. The first-order valence-corrected chi connectivity index (χ1v) is 10.3. The number of benzene rings is 1. The van der Waals surface area contributed by atoms with Gasteiger partial charge in [0.1, 0.15) is 11.9 Å². The minimum atomic E-state index is -0.166. The van der Waals surface area contributed by atoms with E-state index >= 15 is 0 Å². The van der Waals surface area contributed by atoms with Crippen molar-refractivity contribution in [3.63, 3.8) is 0 Å². The highest BCUT2D eigenvalue weighted by Gasteiger charge is 2.43. The normalized spacial score (nSPS) is 20.6. The summed E-state index contributed by atoms with van der Waals surface area (Å²) in [6.07, 6.45) is 4.02. The number of likely N-dealkylation sites (N-methyl/N-ethyl adjacent to an activating group) is 1. The molecule has 2 unspecified atom stereocenters. The maximum absolute atomic E-state index is 13.3. The number of amides is 2. The number of nitrogens with one attached hydrogen (secondary N) is 2. The van der Waals surface area contributed by atoms with Gasteiger partial charge in [0.05, 0.1) is 6.04 Å². The molecule has 0 saturated carbocycles. The van der Waals surface area contributed by atoms with Crippen molar-refractivity contribution in [2.24, 2.45) is 5.10 Å². The molecule has 0 saturated heterocycles. The molecule has 1 aromatic rings. The topological polar surface area (TPSA) is 77.0 Å². The van der Waals surface area contributed by atoms with Crippen LogP contribution in [0.15, 0.2) is 29.4 Å². The van der Waals surface area contributed by atoms with Gasteiger partial charge in [0, 0.05) is 38.3 Å². The number of fused-ring (bicyclic) bond motifs is 1. The molecule has 2 aliphatic heterocycles. The van der Waals surface area contributed by atoms with Crippen LogP contribution in [0.25, 0.3) is 5.57 Å². The Bertz CT molecular complexity index is 855. The van der Waals surface area contributed by atoms with Crippen LogP contribution in [0.2, 0.25) is 0 Å². The van der Waals surface area contributed by atoms with Crippen LogP contribution in [-0.4, -0.2) is 66.7 Å². The second kappa shape index (κ2) is 8.68. The molecule has 156 valence electrons. The van der Waals surface area contributed by atoms with Gasteiger partial charge < -0.3 is 15.1 Å². The average Bonchev–Trinajstić information content (AvgIpc) is 3.14.